The van der Waals surface area contributed by atoms with Gasteiger partial charge in [0.05, 0.1) is 27.9 Å². The second kappa shape index (κ2) is 5.62. The molecule has 26 heavy (non-hydrogen) atoms. The number of fused-ring (bicyclic) bond motifs is 5. The lowest BCUT2D eigenvalue weighted by Crippen LogP contribution is -2.60. The zero-order chi connectivity index (χ0) is 24.2. The first-order valence-electron chi connectivity index (χ1n) is 11.7. The summed E-state index contributed by atoms with van der Waals surface area (Å²) >= 11 is 2.23. The molecule has 5 nitrogen and oxygen atoms in total. The van der Waals surface area contributed by atoms with E-state index in [2.05, 4.69) is 0 Å². The molecule has 0 amide bonds. The molecule has 1 N–H and O–H groups in total. The predicted octanol–water partition coefficient (Wildman–Crippen LogP) is 2.35. The summed E-state index contributed by atoms with van der Waals surface area (Å²) in [5.41, 5.74) is -2.24. The number of quaternary nitrogens is 1. The summed E-state index contributed by atoms with van der Waals surface area (Å²) in [7, 11) is 1.32. The van der Waals surface area contributed by atoms with Gasteiger partial charge in [0, 0.05) is 18.2 Å². The number of rotatable bonds is 4. The summed E-state index contributed by atoms with van der Waals surface area (Å²) in [6.45, 7) is -2.71. The van der Waals surface area contributed by atoms with Crippen LogP contribution in [0.5, 0.6) is 0 Å². The van der Waals surface area contributed by atoms with Crippen molar-refractivity contribution in [1.29, 1.82) is 0 Å². The molecule has 3 saturated heterocycles. The van der Waals surface area contributed by atoms with Gasteiger partial charge >= 0.3 is 5.97 Å². The van der Waals surface area contributed by atoms with E-state index in [1.807, 2.05) is 0 Å². The Balaban J connectivity index is 1.57. The lowest BCUT2D eigenvalue weighted by atomic mass is 9.95. The van der Waals surface area contributed by atoms with Crippen LogP contribution in [0.25, 0.3) is 0 Å². The fraction of sp³-hybridized carbons (Fsp3) is 0.526. The zero-order valence-corrected chi connectivity index (χ0v) is 15.4. The standard InChI is InChI=1S/C19H22NO4S2/c1-20(2)12-9-11(10-13(20)17-16(12)24-17)23-18(21)19(22,14-5-3-7-25-14)15-6-4-8-26-15/h3-8,11-13,16-17,22H,9-10H2,1-2H3/q+1/i1D3,9D2,10D2. The van der Waals surface area contributed by atoms with Crippen molar-refractivity contribution in [2.24, 2.45) is 0 Å². The van der Waals surface area contributed by atoms with Crippen molar-refractivity contribution in [2.45, 2.75) is 48.7 Å². The molecule has 0 spiro atoms. The molecule has 3 aliphatic heterocycles. The Morgan fingerprint density at radius 1 is 1.31 bits per heavy atom. The highest BCUT2D eigenvalue weighted by Crippen LogP contribution is 2.52. The van der Waals surface area contributed by atoms with Crippen LogP contribution in [0.4, 0.5) is 0 Å². The monoisotopic (exact) mass is 399 g/mol. The van der Waals surface area contributed by atoms with Crippen LogP contribution in [0.15, 0.2) is 35.0 Å². The number of nitrogens with zero attached hydrogens (tertiary/aromatic N) is 1. The van der Waals surface area contributed by atoms with E-state index in [1.165, 1.54) is 7.05 Å². The normalized spacial score (nSPS) is 46.4. The maximum Gasteiger partial charge on any atom is 0.349 e. The maximum atomic E-state index is 13.5. The van der Waals surface area contributed by atoms with Crippen molar-refractivity contribution in [3.63, 3.8) is 0 Å². The first-order valence-corrected chi connectivity index (χ1v) is 9.98. The third kappa shape index (κ3) is 2.28. The molecule has 0 radical (unpaired) electrons. The van der Waals surface area contributed by atoms with Crippen LogP contribution in [-0.4, -0.2) is 60.0 Å². The number of morpholine rings is 1. The van der Waals surface area contributed by atoms with Gasteiger partial charge in [-0.25, -0.2) is 4.79 Å². The Bertz CT molecular complexity index is 1010. The molecule has 2 aromatic heterocycles. The number of aliphatic hydroxyl groups is 1. The topological polar surface area (TPSA) is 59.1 Å². The van der Waals surface area contributed by atoms with Crippen molar-refractivity contribution in [2.75, 3.05) is 14.0 Å². The lowest BCUT2D eigenvalue weighted by Gasteiger charge is -2.45. The van der Waals surface area contributed by atoms with Crippen LogP contribution < -0.4 is 0 Å². The largest absolute Gasteiger partial charge is 0.459 e. The number of piperidine rings is 1. The Hall–Kier alpha value is -1.25. The zero-order valence-electron chi connectivity index (χ0n) is 20.8. The average Bonchev–Trinajstić information content (AvgIpc) is 3.17. The van der Waals surface area contributed by atoms with Crippen molar-refractivity contribution in [3.8, 4) is 0 Å². The molecule has 0 saturated carbocycles. The Labute approximate surface area is 170 Å². The minimum atomic E-state index is -2.71. The quantitative estimate of drug-likeness (QED) is 0.487. The minimum Gasteiger partial charge on any atom is -0.459 e. The van der Waals surface area contributed by atoms with Gasteiger partial charge in [0.15, 0.2) is 0 Å². The summed E-state index contributed by atoms with van der Waals surface area (Å²) in [5, 5.41) is 14.8. The summed E-state index contributed by atoms with van der Waals surface area (Å²) in [6, 6.07) is 3.86. The molecule has 0 aromatic carbocycles. The van der Waals surface area contributed by atoms with E-state index in [0.717, 1.165) is 22.7 Å². The highest BCUT2D eigenvalue weighted by atomic mass is 32.1. The maximum absolute atomic E-state index is 13.5. The Morgan fingerprint density at radius 3 is 2.35 bits per heavy atom. The predicted molar refractivity (Wildman–Crippen MR) is 99.1 cm³/mol. The number of esters is 1. The number of epoxide rings is 1. The summed E-state index contributed by atoms with van der Waals surface area (Å²) in [4.78, 5) is 14.0. The SMILES string of the molecule is [2H]C1([2H])C(OC(=O)C(O)(c2cccs2)c2cccs2)C([2H])([2H])C2C3OC3C1[N+]2(C)C([2H])([2H])[2H]. The average molecular weight is 400 g/mol. The number of hydrogen-bond acceptors (Lipinski definition) is 6. The number of hydrogen-bond donors (Lipinski definition) is 1. The fourth-order valence-electron chi connectivity index (χ4n) is 3.84. The van der Waals surface area contributed by atoms with Gasteiger partial charge in [-0.1, -0.05) is 12.1 Å². The summed E-state index contributed by atoms with van der Waals surface area (Å²) < 4.78 is 69.5. The van der Waals surface area contributed by atoms with Crippen molar-refractivity contribution >= 4 is 28.6 Å². The third-order valence-corrected chi connectivity index (χ3v) is 7.22. The summed E-state index contributed by atoms with van der Waals surface area (Å²) in [5.74, 6) is -1.20. The van der Waals surface area contributed by atoms with Crippen LogP contribution in [-0.2, 0) is 19.9 Å². The van der Waals surface area contributed by atoms with E-state index in [1.54, 1.807) is 35.0 Å². The van der Waals surface area contributed by atoms with Crippen molar-refractivity contribution in [1.82, 2.24) is 0 Å². The van der Waals surface area contributed by atoms with E-state index in [9.17, 15) is 9.90 Å². The van der Waals surface area contributed by atoms with Crippen molar-refractivity contribution in [3.05, 3.63) is 44.8 Å². The Morgan fingerprint density at radius 2 is 1.88 bits per heavy atom. The smallest absolute Gasteiger partial charge is 0.349 e. The van der Waals surface area contributed by atoms with Gasteiger partial charge < -0.3 is 19.1 Å². The minimum absolute atomic E-state index is 0.254. The van der Waals surface area contributed by atoms with Gasteiger partial charge in [-0.2, -0.15) is 0 Å². The van der Waals surface area contributed by atoms with Gasteiger partial charge in [-0.15, -0.1) is 22.7 Å². The molecule has 7 heteroatoms. The highest BCUT2D eigenvalue weighted by Gasteiger charge is 2.71. The number of thiophene rings is 2. The van der Waals surface area contributed by atoms with E-state index in [0.29, 0.717) is 0 Å². The molecular weight excluding hydrogens is 370 g/mol. The van der Waals surface area contributed by atoms with E-state index in [4.69, 9.17) is 19.1 Å². The van der Waals surface area contributed by atoms with Gasteiger partial charge in [0.25, 0.3) is 0 Å². The number of carbonyl (C=O) groups is 1. The molecule has 2 aromatic rings. The molecule has 0 aliphatic carbocycles. The van der Waals surface area contributed by atoms with Crippen LogP contribution in [0, 0.1) is 0 Å². The molecule has 5 rings (SSSR count). The van der Waals surface area contributed by atoms with Crippen molar-refractivity contribution < 1.29 is 33.5 Å². The van der Waals surface area contributed by atoms with Gasteiger partial charge in [0.1, 0.15) is 30.4 Å². The van der Waals surface area contributed by atoms with Crippen LogP contribution in [0.3, 0.4) is 0 Å². The fourth-order valence-corrected chi connectivity index (χ4v) is 5.55. The molecule has 4 unspecified atom stereocenters. The Kier molecular flexibility index (Phi) is 2.36. The van der Waals surface area contributed by atoms with Gasteiger partial charge in [0.2, 0.25) is 5.60 Å². The van der Waals surface area contributed by atoms with E-state index >= 15 is 0 Å². The van der Waals surface area contributed by atoms with E-state index < -0.39 is 66.2 Å². The number of ether oxygens (including phenoxy) is 2. The highest BCUT2D eigenvalue weighted by molar-refractivity contribution is 7.12. The molecular formula is C19H22NO4S2+. The first kappa shape index (κ1) is 10.9. The molecule has 138 valence electrons. The second-order valence-electron chi connectivity index (χ2n) is 6.89. The number of likely N-dealkylation sites (N-methyl/N-ethyl adjacent to an activating group) is 1. The number of carbonyl (C=O) groups excluding carboxylic acids is 1. The second-order valence-corrected chi connectivity index (χ2v) is 8.78. The third-order valence-electron chi connectivity index (χ3n) is 5.26. The lowest BCUT2D eigenvalue weighted by molar-refractivity contribution is -0.938. The van der Waals surface area contributed by atoms with Crippen LogP contribution >= 0.6 is 22.7 Å². The molecule has 4 atom stereocenters. The molecule has 3 fully saturated rings. The molecule has 5 heterocycles. The molecule has 2 bridgehead atoms. The van der Waals surface area contributed by atoms with Gasteiger partial charge in [-0.3, -0.25) is 0 Å². The summed E-state index contributed by atoms with van der Waals surface area (Å²) in [6.07, 6.45) is -8.68. The van der Waals surface area contributed by atoms with Gasteiger partial charge in [-0.05, 0) is 22.9 Å². The van der Waals surface area contributed by atoms with Crippen LogP contribution in [0.1, 0.15) is 32.1 Å². The van der Waals surface area contributed by atoms with E-state index in [-0.39, 0.29) is 9.75 Å². The first-order chi connectivity index (χ1) is 15.2. The molecule has 3 aliphatic rings. The van der Waals surface area contributed by atoms with Crippen LogP contribution in [0.2, 0.25) is 0 Å².